The van der Waals surface area contributed by atoms with Crippen molar-refractivity contribution in [3.05, 3.63) is 0 Å². The van der Waals surface area contributed by atoms with Gasteiger partial charge in [-0.05, 0) is 33.6 Å². The lowest BCUT2D eigenvalue weighted by Gasteiger charge is -2.23. The molecule has 0 aromatic rings. The molecule has 0 unspecified atom stereocenters. The summed E-state index contributed by atoms with van der Waals surface area (Å²) in [5, 5.41) is 0. The summed E-state index contributed by atoms with van der Waals surface area (Å²) in [5.41, 5.74) is 0. The first-order valence-electron chi connectivity index (χ1n) is 8.09. The Labute approximate surface area is 111 Å². The minimum Gasteiger partial charge on any atom is -0.0654 e. The highest BCUT2D eigenvalue weighted by atomic mass is 31.2. The summed E-state index contributed by atoms with van der Waals surface area (Å²) in [6, 6.07) is 0. The Kier molecular flexibility index (Phi) is 11.8. The van der Waals surface area contributed by atoms with Crippen LogP contribution >= 0.6 is 7.26 Å². The van der Waals surface area contributed by atoms with Gasteiger partial charge in [0.05, 0.1) is 24.6 Å². The normalized spacial score (nSPS) is 12.0. The predicted molar refractivity (Wildman–Crippen MR) is 86.0 cm³/mol. The molecule has 0 aromatic heterocycles. The molecular weight excluding hydrogens is 223 g/mol. The molecule has 1 heteroatoms. The average Bonchev–Trinajstić information content (AvgIpc) is 2.38. The third-order valence-corrected chi connectivity index (χ3v) is 9.79. The number of hydrogen-bond donors (Lipinski definition) is 0. The molecular formula is C16H36P+. The lowest BCUT2D eigenvalue weighted by Crippen LogP contribution is -2.07. The molecule has 0 heterocycles. The van der Waals surface area contributed by atoms with Gasteiger partial charge in [-0.2, -0.15) is 0 Å². The van der Waals surface area contributed by atoms with Gasteiger partial charge in [-0.1, -0.05) is 45.4 Å². The molecule has 17 heavy (non-hydrogen) atoms. The molecule has 0 amide bonds. The van der Waals surface area contributed by atoms with Gasteiger partial charge in [0, 0.05) is 7.26 Å². The molecule has 0 atom stereocenters. The zero-order valence-electron chi connectivity index (χ0n) is 12.9. The third kappa shape index (κ3) is 8.20. The largest absolute Gasteiger partial charge is 0.0654 e. The van der Waals surface area contributed by atoms with Crippen LogP contribution in [0, 0.1) is 0 Å². The molecule has 0 spiro atoms. The van der Waals surface area contributed by atoms with Crippen molar-refractivity contribution in [1.29, 1.82) is 0 Å². The molecule has 0 aliphatic rings. The maximum absolute atomic E-state index is 2.42. The second kappa shape index (κ2) is 11.5. The van der Waals surface area contributed by atoms with Gasteiger partial charge in [-0.15, -0.1) is 0 Å². The lowest BCUT2D eigenvalue weighted by molar-refractivity contribution is 0.585. The van der Waals surface area contributed by atoms with Gasteiger partial charge in [0.1, 0.15) is 0 Å². The SMILES string of the molecule is CCCCCCCCCC[P+](CC)(CC)CC. The monoisotopic (exact) mass is 259 g/mol. The fourth-order valence-electron chi connectivity index (χ4n) is 2.73. The zero-order chi connectivity index (χ0) is 13.0. The minimum atomic E-state index is -0.505. The van der Waals surface area contributed by atoms with E-state index in [1.54, 1.807) is 6.16 Å². The highest BCUT2D eigenvalue weighted by Gasteiger charge is 2.29. The van der Waals surface area contributed by atoms with Crippen molar-refractivity contribution in [1.82, 2.24) is 0 Å². The summed E-state index contributed by atoms with van der Waals surface area (Å²) < 4.78 is 0. The van der Waals surface area contributed by atoms with Crippen LogP contribution in [0.1, 0.15) is 79.1 Å². The molecule has 0 radical (unpaired) electrons. The molecule has 0 nitrogen and oxygen atoms in total. The minimum absolute atomic E-state index is 0.505. The molecule has 0 bridgehead atoms. The van der Waals surface area contributed by atoms with Crippen molar-refractivity contribution in [2.45, 2.75) is 79.1 Å². The Bertz CT molecular complexity index is 141. The molecule has 0 aromatic carbocycles. The Morgan fingerprint density at radius 3 is 1.35 bits per heavy atom. The van der Waals surface area contributed by atoms with E-state index in [1.807, 2.05) is 0 Å². The first kappa shape index (κ1) is 17.4. The Balaban J connectivity index is 3.43. The van der Waals surface area contributed by atoms with Crippen LogP contribution in [-0.4, -0.2) is 24.6 Å². The molecule has 0 rings (SSSR count). The van der Waals surface area contributed by atoms with Crippen LogP contribution in [0.15, 0.2) is 0 Å². The van der Waals surface area contributed by atoms with Crippen molar-refractivity contribution >= 4 is 7.26 Å². The van der Waals surface area contributed by atoms with Gasteiger partial charge in [-0.25, -0.2) is 0 Å². The zero-order valence-corrected chi connectivity index (χ0v) is 13.8. The van der Waals surface area contributed by atoms with Crippen molar-refractivity contribution < 1.29 is 0 Å². The summed E-state index contributed by atoms with van der Waals surface area (Å²) in [5.74, 6) is 0. The quantitative estimate of drug-likeness (QED) is 0.289. The molecule has 0 aliphatic heterocycles. The van der Waals surface area contributed by atoms with Crippen LogP contribution in [0.4, 0.5) is 0 Å². The maximum Gasteiger partial charge on any atom is 0.0594 e. The summed E-state index contributed by atoms with van der Waals surface area (Å²) in [4.78, 5) is 0. The lowest BCUT2D eigenvalue weighted by atomic mass is 10.1. The van der Waals surface area contributed by atoms with Gasteiger partial charge in [0.2, 0.25) is 0 Å². The smallest absolute Gasteiger partial charge is 0.0594 e. The second-order valence-electron chi connectivity index (χ2n) is 5.49. The van der Waals surface area contributed by atoms with E-state index in [-0.39, 0.29) is 0 Å². The average molecular weight is 259 g/mol. The number of hydrogen-bond acceptors (Lipinski definition) is 0. The fraction of sp³-hybridized carbons (Fsp3) is 1.00. The number of rotatable bonds is 12. The molecule has 0 saturated heterocycles. The van der Waals surface area contributed by atoms with Crippen LogP contribution < -0.4 is 0 Å². The van der Waals surface area contributed by atoms with Gasteiger partial charge in [0.15, 0.2) is 0 Å². The van der Waals surface area contributed by atoms with Crippen LogP contribution in [0.5, 0.6) is 0 Å². The van der Waals surface area contributed by atoms with Gasteiger partial charge >= 0.3 is 0 Å². The highest BCUT2D eigenvalue weighted by Crippen LogP contribution is 2.58. The summed E-state index contributed by atoms with van der Waals surface area (Å²) in [7, 11) is -0.505. The van der Waals surface area contributed by atoms with E-state index in [9.17, 15) is 0 Å². The maximum atomic E-state index is 2.42. The highest BCUT2D eigenvalue weighted by molar-refractivity contribution is 7.75. The summed E-state index contributed by atoms with van der Waals surface area (Å²) in [6.07, 6.45) is 17.7. The van der Waals surface area contributed by atoms with Crippen molar-refractivity contribution in [2.75, 3.05) is 24.6 Å². The van der Waals surface area contributed by atoms with E-state index in [4.69, 9.17) is 0 Å². The molecule has 104 valence electrons. The number of unbranched alkanes of at least 4 members (excludes halogenated alkanes) is 7. The van der Waals surface area contributed by atoms with Crippen LogP contribution in [0.3, 0.4) is 0 Å². The predicted octanol–water partition coefficient (Wildman–Crippen LogP) is 6.20. The summed E-state index contributed by atoms with van der Waals surface area (Å²) >= 11 is 0. The van der Waals surface area contributed by atoms with Gasteiger partial charge in [-0.3, -0.25) is 0 Å². The van der Waals surface area contributed by atoms with Gasteiger partial charge in [0.25, 0.3) is 0 Å². The van der Waals surface area contributed by atoms with E-state index < -0.39 is 7.26 Å². The van der Waals surface area contributed by atoms with E-state index in [1.165, 1.54) is 69.9 Å². The molecule has 0 aliphatic carbocycles. The topological polar surface area (TPSA) is 0 Å². The second-order valence-corrected chi connectivity index (χ2v) is 10.5. The van der Waals surface area contributed by atoms with E-state index in [2.05, 4.69) is 27.7 Å². The standard InChI is InChI=1S/C16H36P/c1-5-9-10-11-12-13-14-15-16-17(6-2,7-3)8-4/h5-16H2,1-4H3/q+1. The fourth-order valence-corrected chi connectivity index (χ4v) is 5.91. The van der Waals surface area contributed by atoms with E-state index >= 15 is 0 Å². The molecule has 0 fully saturated rings. The van der Waals surface area contributed by atoms with Gasteiger partial charge < -0.3 is 0 Å². The van der Waals surface area contributed by atoms with Crippen molar-refractivity contribution in [3.63, 3.8) is 0 Å². The Hall–Kier alpha value is 0.430. The van der Waals surface area contributed by atoms with Crippen molar-refractivity contribution in [3.8, 4) is 0 Å². The van der Waals surface area contributed by atoms with Crippen LogP contribution in [0.25, 0.3) is 0 Å². The van der Waals surface area contributed by atoms with E-state index in [0.717, 1.165) is 0 Å². The van der Waals surface area contributed by atoms with E-state index in [0.29, 0.717) is 0 Å². The summed E-state index contributed by atoms with van der Waals surface area (Å²) in [6.45, 7) is 9.56. The van der Waals surface area contributed by atoms with Crippen molar-refractivity contribution in [2.24, 2.45) is 0 Å². The first-order chi connectivity index (χ1) is 8.24. The Morgan fingerprint density at radius 1 is 0.529 bits per heavy atom. The molecule has 0 saturated carbocycles. The molecule has 0 N–H and O–H groups in total. The van der Waals surface area contributed by atoms with Crippen LogP contribution in [-0.2, 0) is 0 Å². The Morgan fingerprint density at radius 2 is 0.941 bits per heavy atom. The first-order valence-corrected chi connectivity index (χ1v) is 10.6. The third-order valence-electron chi connectivity index (χ3n) is 4.50. The van der Waals surface area contributed by atoms with Crippen LogP contribution in [0.2, 0.25) is 0 Å².